The second-order valence-corrected chi connectivity index (χ2v) is 6.80. The standard InChI is InChI=1S/C18H21N5O2/c1-12(13-5-6-13)23(14-7-8-14)18(25)17(24)21-15-4-2-9-19-16(15)22-11-3-10-20-22/h2-4,9-14H,5-8H2,1H3,(H,21,24)/t12-/m1/s1. The zero-order valence-electron chi connectivity index (χ0n) is 14.1. The van der Waals surface area contributed by atoms with Crippen molar-refractivity contribution in [2.75, 3.05) is 5.32 Å². The number of hydrogen-bond acceptors (Lipinski definition) is 4. The van der Waals surface area contributed by atoms with E-state index in [2.05, 4.69) is 22.3 Å². The topological polar surface area (TPSA) is 80.1 Å². The van der Waals surface area contributed by atoms with Crippen molar-refractivity contribution in [1.29, 1.82) is 0 Å². The molecule has 4 rings (SSSR count). The molecule has 25 heavy (non-hydrogen) atoms. The number of aromatic nitrogens is 3. The SMILES string of the molecule is C[C@H](C1CC1)N(C(=O)C(=O)Nc1cccnc1-n1cccn1)C1CC1. The van der Waals surface area contributed by atoms with Crippen LogP contribution in [0.2, 0.25) is 0 Å². The summed E-state index contributed by atoms with van der Waals surface area (Å²) < 4.78 is 1.56. The minimum Gasteiger partial charge on any atom is -0.328 e. The van der Waals surface area contributed by atoms with E-state index in [9.17, 15) is 9.59 Å². The summed E-state index contributed by atoms with van der Waals surface area (Å²) in [4.78, 5) is 31.4. The lowest BCUT2D eigenvalue weighted by Crippen LogP contribution is -2.47. The van der Waals surface area contributed by atoms with Crippen LogP contribution < -0.4 is 5.32 Å². The van der Waals surface area contributed by atoms with E-state index in [0.717, 1.165) is 25.7 Å². The summed E-state index contributed by atoms with van der Waals surface area (Å²) in [6, 6.07) is 5.57. The van der Waals surface area contributed by atoms with E-state index in [0.29, 0.717) is 17.4 Å². The number of amides is 2. The van der Waals surface area contributed by atoms with Gasteiger partial charge in [0.15, 0.2) is 5.82 Å². The van der Waals surface area contributed by atoms with Gasteiger partial charge in [-0.25, -0.2) is 9.67 Å². The highest BCUT2D eigenvalue weighted by Gasteiger charge is 2.43. The van der Waals surface area contributed by atoms with E-state index >= 15 is 0 Å². The van der Waals surface area contributed by atoms with E-state index in [1.165, 1.54) is 0 Å². The van der Waals surface area contributed by atoms with Gasteiger partial charge in [0, 0.05) is 30.7 Å². The van der Waals surface area contributed by atoms with Gasteiger partial charge in [-0.2, -0.15) is 5.10 Å². The van der Waals surface area contributed by atoms with Crippen molar-refractivity contribution in [1.82, 2.24) is 19.7 Å². The minimum atomic E-state index is -0.610. The zero-order chi connectivity index (χ0) is 17.4. The molecule has 0 unspecified atom stereocenters. The first-order valence-corrected chi connectivity index (χ1v) is 8.74. The fourth-order valence-electron chi connectivity index (χ4n) is 3.21. The Morgan fingerprint density at radius 3 is 2.68 bits per heavy atom. The van der Waals surface area contributed by atoms with Crippen LogP contribution in [-0.4, -0.2) is 43.6 Å². The van der Waals surface area contributed by atoms with Crippen LogP contribution in [0.4, 0.5) is 5.69 Å². The van der Waals surface area contributed by atoms with Crippen molar-refractivity contribution in [3.05, 3.63) is 36.8 Å². The van der Waals surface area contributed by atoms with Crippen molar-refractivity contribution in [2.45, 2.75) is 44.7 Å². The molecule has 2 heterocycles. The van der Waals surface area contributed by atoms with Crippen LogP contribution in [0.25, 0.3) is 5.82 Å². The van der Waals surface area contributed by atoms with Crippen LogP contribution >= 0.6 is 0 Å². The Labute approximate surface area is 146 Å². The second kappa shape index (κ2) is 6.31. The van der Waals surface area contributed by atoms with Gasteiger partial charge in [-0.1, -0.05) is 0 Å². The second-order valence-electron chi connectivity index (χ2n) is 6.80. The third-order valence-electron chi connectivity index (χ3n) is 4.87. The molecule has 1 N–H and O–H groups in total. The summed E-state index contributed by atoms with van der Waals surface area (Å²) in [6.07, 6.45) is 9.27. The summed E-state index contributed by atoms with van der Waals surface area (Å²) in [6.45, 7) is 2.06. The van der Waals surface area contributed by atoms with E-state index in [4.69, 9.17) is 0 Å². The van der Waals surface area contributed by atoms with Gasteiger partial charge in [0.1, 0.15) is 0 Å². The number of nitrogens with zero attached hydrogens (tertiary/aromatic N) is 4. The monoisotopic (exact) mass is 339 g/mol. The molecule has 0 saturated heterocycles. The largest absolute Gasteiger partial charge is 0.328 e. The van der Waals surface area contributed by atoms with Crippen LogP contribution in [-0.2, 0) is 9.59 Å². The van der Waals surface area contributed by atoms with Gasteiger partial charge in [0.05, 0.1) is 5.69 Å². The smallest absolute Gasteiger partial charge is 0.314 e. The summed E-state index contributed by atoms with van der Waals surface area (Å²) in [5, 5.41) is 6.86. The van der Waals surface area contributed by atoms with Gasteiger partial charge in [-0.3, -0.25) is 9.59 Å². The lowest BCUT2D eigenvalue weighted by Gasteiger charge is -2.28. The predicted molar refractivity (Wildman–Crippen MR) is 92.0 cm³/mol. The van der Waals surface area contributed by atoms with Gasteiger partial charge in [0.25, 0.3) is 0 Å². The number of carbonyl (C=O) groups is 2. The molecular weight excluding hydrogens is 318 g/mol. The molecule has 0 aromatic carbocycles. The van der Waals surface area contributed by atoms with E-state index in [-0.39, 0.29) is 12.1 Å². The average Bonchev–Trinajstić information content (AvgIpc) is 3.55. The van der Waals surface area contributed by atoms with E-state index in [1.807, 2.05) is 0 Å². The first kappa shape index (κ1) is 15.8. The number of carbonyl (C=O) groups excluding carboxylic acids is 2. The Bertz CT molecular complexity index is 781. The summed E-state index contributed by atoms with van der Waals surface area (Å²) in [5.41, 5.74) is 0.472. The van der Waals surface area contributed by atoms with Gasteiger partial charge in [0.2, 0.25) is 0 Å². The molecule has 2 aliphatic carbocycles. The Morgan fingerprint density at radius 2 is 2.04 bits per heavy atom. The third-order valence-corrected chi connectivity index (χ3v) is 4.87. The fourth-order valence-corrected chi connectivity index (χ4v) is 3.21. The van der Waals surface area contributed by atoms with Crippen LogP contribution in [0.15, 0.2) is 36.8 Å². The molecule has 2 fully saturated rings. The molecular formula is C18H21N5O2. The lowest BCUT2D eigenvalue weighted by atomic mass is 10.1. The Kier molecular flexibility index (Phi) is 3.99. The van der Waals surface area contributed by atoms with Crippen molar-refractivity contribution in [3.8, 4) is 5.82 Å². The van der Waals surface area contributed by atoms with Gasteiger partial charge >= 0.3 is 11.8 Å². The molecule has 0 radical (unpaired) electrons. The number of anilines is 1. The maximum atomic E-state index is 12.8. The van der Waals surface area contributed by atoms with Gasteiger partial charge in [-0.05, 0) is 56.7 Å². The van der Waals surface area contributed by atoms with Gasteiger partial charge in [-0.15, -0.1) is 0 Å². The summed E-state index contributed by atoms with van der Waals surface area (Å²) >= 11 is 0. The Morgan fingerprint density at radius 1 is 1.24 bits per heavy atom. The molecule has 130 valence electrons. The Balaban J connectivity index is 1.53. The minimum absolute atomic E-state index is 0.130. The number of pyridine rings is 1. The van der Waals surface area contributed by atoms with Crippen molar-refractivity contribution < 1.29 is 9.59 Å². The number of nitrogens with one attached hydrogen (secondary N) is 1. The molecule has 2 aromatic heterocycles. The highest BCUT2D eigenvalue weighted by atomic mass is 16.2. The molecule has 0 aliphatic heterocycles. The fraction of sp³-hybridized carbons (Fsp3) is 0.444. The lowest BCUT2D eigenvalue weighted by molar-refractivity contribution is -0.145. The van der Waals surface area contributed by atoms with Gasteiger partial charge < -0.3 is 10.2 Å². The highest BCUT2D eigenvalue weighted by Crippen LogP contribution is 2.39. The molecule has 1 atom stereocenters. The Hall–Kier alpha value is -2.70. The molecule has 2 amide bonds. The quantitative estimate of drug-likeness (QED) is 0.845. The molecule has 0 bridgehead atoms. The predicted octanol–water partition coefficient (Wildman–Crippen LogP) is 2.00. The van der Waals surface area contributed by atoms with Crippen LogP contribution in [0, 0.1) is 5.92 Å². The van der Waals surface area contributed by atoms with Crippen LogP contribution in [0.5, 0.6) is 0 Å². The number of hydrogen-bond donors (Lipinski definition) is 1. The van der Waals surface area contributed by atoms with Crippen molar-refractivity contribution in [2.24, 2.45) is 5.92 Å². The van der Waals surface area contributed by atoms with Crippen molar-refractivity contribution in [3.63, 3.8) is 0 Å². The van der Waals surface area contributed by atoms with Crippen molar-refractivity contribution >= 4 is 17.5 Å². The first-order chi connectivity index (χ1) is 12.1. The first-order valence-electron chi connectivity index (χ1n) is 8.74. The summed E-state index contributed by atoms with van der Waals surface area (Å²) in [7, 11) is 0. The molecule has 0 spiro atoms. The molecule has 7 heteroatoms. The number of rotatable bonds is 5. The van der Waals surface area contributed by atoms with Crippen LogP contribution in [0.3, 0.4) is 0 Å². The normalized spacial score (nSPS) is 17.8. The molecule has 2 aliphatic rings. The maximum absolute atomic E-state index is 12.8. The molecule has 2 aromatic rings. The maximum Gasteiger partial charge on any atom is 0.314 e. The molecule has 7 nitrogen and oxygen atoms in total. The average molecular weight is 339 g/mol. The zero-order valence-corrected chi connectivity index (χ0v) is 14.1. The van der Waals surface area contributed by atoms with E-state index in [1.54, 1.807) is 46.4 Å². The van der Waals surface area contributed by atoms with E-state index < -0.39 is 11.8 Å². The van der Waals surface area contributed by atoms with Crippen LogP contribution in [0.1, 0.15) is 32.6 Å². The third kappa shape index (κ3) is 3.26. The summed E-state index contributed by atoms with van der Waals surface area (Å²) in [5.74, 6) is -0.0322. The molecule has 2 saturated carbocycles. The highest BCUT2D eigenvalue weighted by molar-refractivity contribution is 6.39.